The molecule has 118 valence electrons. The Balaban J connectivity index is 2.29. The summed E-state index contributed by atoms with van der Waals surface area (Å²) in [4.78, 5) is 13.9. The second-order valence-electron chi connectivity index (χ2n) is 5.69. The maximum Gasteiger partial charge on any atom is 0.313 e. The van der Waals surface area contributed by atoms with Gasteiger partial charge in [-0.25, -0.2) is 0 Å². The van der Waals surface area contributed by atoms with Crippen LogP contribution >= 0.6 is 8.38 Å². The first-order chi connectivity index (χ1) is 9.43. The monoisotopic (exact) mass is 306 g/mol. The van der Waals surface area contributed by atoms with Gasteiger partial charge in [0.05, 0.1) is 18.3 Å². The number of rotatable bonds is 7. The van der Waals surface area contributed by atoms with Crippen molar-refractivity contribution in [2.75, 3.05) is 45.9 Å². The highest BCUT2D eigenvalue weighted by molar-refractivity contribution is 7.47. The van der Waals surface area contributed by atoms with Gasteiger partial charge in [-0.2, -0.15) is 0 Å². The Morgan fingerprint density at radius 3 is 2.45 bits per heavy atom. The zero-order valence-corrected chi connectivity index (χ0v) is 13.9. The van der Waals surface area contributed by atoms with E-state index in [-0.39, 0.29) is 12.8 Å². The van der Waals surface area contributed by atoms with Crippen molar-refractivity contribution in [1.82, 2.24) is 10.2 Å². The third kappa shape index (κ3) is 6.95. The fourth-order valence-corrected chi connectivity index (χ4v) is 2.94. The largest absolute Gasteiger partial charge is 0.438 e. The van der Waals surface area contributed by atoms with Crippen molar-refractivity contribution in [3.63, 3.8) is 0 Å². The Bertz CT molecular complexity index is 291. The summed E-state index contributed by atoms with van der Waals surface area (Å²) in [5, 5.41) is 3.31. The van der Waals surface area contributed by atoms with Crippen LogP contribution in [0.25, 0.3) is 0 Å². The zero-order chi connectivity index (χ0) is 15.0. The second kappa shape index (κ2) is 8.90. The summed E-state index contributed by atoms with van der Waals surface area (Å²) in [6.45, 7) is 12.0. The maximum atomic E-state index is 11.6. The van der Waals surface area contributed by atoms with Crippen molar-refractivity contribution in [3.8, 4) is 0 Å². The maximum absolute atomic E-state index is 11.6. The molecule has 1 aliphatic heterocycles. The van der Waals surface area contributed by atoms with Crippen LogP contribution < -0.4 is 5.32 Å². The number of nitrogens with zero attached hydrogens (tertiary/aromatic N) is 1. The summed E-state index contributed by atoms with van der Waals surface area (Å²) in [7, 11) is -1.03. The van der Waals surface area contributed by atoms with Gasteiger partial charge >= 0.3 is 5.97 Å². The normalized spacial score (nSPS) is 18.8. The van der Waals surface area contributed by atoms with Gasteiger partial charge in [-0.1, -0.05) is 0 Å². The molecule has 6 nitrogen and oxygen atoms in total. The van der Waals surface area contributed by atoms with Crippen molar-refractivity contribution in [1.29, 1.82) is 0 Å². The third-order valence-corrected chi connectivity index (χ3v) is 4.37. The molecule has 20 heavy (non-hydrogen) atoms. The fraction of sp³-hybridized carbons (Fsp3) is 0.923. The molecule has 1 aliphatic rings. The molecule has 1 N–H and O–H groups in total. The van der Waals surface area contributed by atoms with Crippen molar-refractivity contribution in [2.24, 2.45) is 5.41 Å². The lowest BCUT2D eigenvalue weighted by atomic mass is 9.98. The van der Waals surface area contributed by atoms with E-state index < -0.39 is 13.8 Å². The molecular weight excluding hydrogens is 279 g/mol. The van der Waals surface area contributed by atoms with Gasteiger partial charge in [0.2, 0.25) is 0 Å². The molecule has 0 aromatic carbocycles. The first kappa shape index (κ1) is 17.8. The van der Waals surface area contributed by atoms with E-state index in [2.05, 4.69) is 10.2 Å². The highest BCUT2D eigenvalue weighted by Crippen LogP contribution is 2.38. The van der Waals surface area contributed by atoms with Crippen LogP contribution in [0.2, 0.25) is 0 Å². The summed E-state index contributed by atoms with van der Waals surface area (Å²) >= 11 is 0. The summed E-state index contributed by atoms with van der Waals surface area (Å²) in [6.07, 6.45) is 0.762. The van der Waals surface area contributed by atoms with Crippen LogP contribution in [0.4, 0.5) is 0 Å². The smallest absolute Gasteiger partial charge is 0.313 e. The predicted octanol–water partition coefficient (Wildman–Crippen LogP) is 1.76. The molecule has 1 rings (SSSR count). The van der Waals surface area contributed by atoms with Gasteiger partial charge in [0.1, 0.15) is 0 Å². The lowest BCUT2D eigenvalue weighted by Gasteiger charge is -2.29. The minimum atomic E-state index is -1.03. The molecule has 0 aliphatic carbocycles. The number of carbonyl (C=O) groups is 1. The van der Waals surface area contributed by atoms with Crippen LogP contribution in [-0.4, -0.2) is 56.7 Å². The van der Waals surface area contributed by atoms with E-state index in [1.54, 1.807) is 0 Å². The van der Waals surface area contributed by atoms with E-state index in [0.717, 1.165) is 32.5 Å². The average molecular weight is 306 g/mol. The second-order valence-corrected chi connectivity index (χ2v) is 7.15. The molecule has 1 heterocycles. The first-order valence-electron chi connectivity index (χ1n) is 7.07. The van der Waals surface area contributed by atoms with Crippen molar-refractivity contribution < 1.29 is 18.6 Å². The summed E-state index contributed by atoms with van der Waals surface area (Å²) in [5.41, 5.74) is -0.504. The Hall–Kier alpha value is -0.260. The molecule has 0 spiro atoms. The number of piperazine rings is 1. The minimum absolute atomic E-state index is 0.0338. The quantitative estimate of drug-likeness (QED) is 0.439. The van der Waals surface area contributed by atoms with Gasteiger partial charge in [-0.3, -0.25) is 14.2 Å². The Labute approximate surface area is 123 Å². The minimum Gasteiger partial charge on any atom is -0.438 e. The molecule has 0 aromatic heterocycles. The Kier molecular flexibility index (Phi) is 7.92. The van der Waals surface area contributed by atoms with E-state index in [0.29, 0.717) is 6.61 Å². The fourth-order valence-electron chi connectivity index (χ4n) is 1.63. The van der Waals surface area contributed by atoms with Gasteiger partial charge in [0, 0.05) is 26.2 Å². The lowest BCUT2D eigenvalue weighted by Crippen LogP contribution is -2.43. The Morgan fingerprint density at radius 1 is 1.25 bits per heavy atom. The number of ether oxygens (including phenoxy) is 1. The van der Waals surface area contributed by atoms with Crippen molar-refractivity contribution in [3.05, 3.63) is 0 Å². The number of nitrogens with one attached hydrogen (secondary N) is 1. The third-order valence-electron chi connectivity index (χ3n) is 2.80. The summed E-state index contributed by atoms with van der Waals surface area (Å²) < 4.78 is 16.3. The Morgan fingerprint density at radius 2 is 1.90 bits per heavy atom. The lowest BCUT2D eigenvalue weighted by molar-refractivity contribution is -0.159. The number of hydrogen-bond donors (Lipinski definition) is 1. The molecule has 0 aromatic rings. The molecule has 0 bridgehead atoms. The molecule has 0 amide bonds. The molecular formula is C13H27N2O4P. The summed E-state index contributed by atoms with van der Waals surface area (Å²) in [6, 6.07) is 0. The molecule has 1 unspecified atom stereocenters. The topological polar surface area (TPSA) is 60.0 Å². The van der Waals surface area contributed by atoms with Crippen molar-refractivity contribution >= 4 is 14.3 Å². The van der Waals surface area contributed by atoms with Gasteiger partial charge in [-0.05, 0) is 27.7 Å². The summed E-state index contributed by atoms with van der Waals surface area (Å²) in [5.74, 6) is -0.258. The highest BCUT2D eigenvalue weighted by Gasteiger charge is 2.24. The van der Waals surface area contributed by atoms with Gasteiger partial charge in [0.15, 0.2) is 15.2 Å². The zero-order valence-electron chi connectivity index (χ0n) is 13.0. The highest BCUT2D eigenvalue weighted by atomic mass is 31.2. The molecule has 7 heteroatoms. The molecule has 1 fully saturated rings. The van der Waals surface area contributed by atoms with E-state index in [1.807, 2.05) is 27.7 Å². The number of carbonyl (C=O) groups excluding carboxylic acids is 1. The number of hydrogen-bond acceptors (Lipinski definition) is 6. The van der Waals surface area contributed by atoms with Gasteiger partial charge in [-0.15, -0.1) is 0 Å². The van der Waals surface area contributed by atoms with Crippen LogP contribution in [0, 0.1) is 5.41 Å². The van der Waals surface area contributed by atoms with Crippen LogP contribution in [0.5, 0.6) is 0 Å². The van der Waals surface area contributed by atoms with Crippen LogP contribution in [-0.2, 0) is 18.6 Å². The average Bonchev–Trinajstić information content (AvgIpc) is 2.39. The van der Waals surface area contributed by atoms with Gasteiger partial charge < -0.3 is 14.6 Å². The van der Waals surface area contributed by atoms with Crippen LogP contribution in [0.1, 0.15) is 27.7 Å². The van der Waals surface area contributed by atoms with Crippen molar-refractivity contribution in [2.45, 2.75) is 27.7 Å². The standard InChI is InChI=1S/C13H27N2O4P/c1-5-18-20(10-15-8-6-14-7-9-15)19-11-17-12(16)13(2,3)4/h14H,5-11H2,1-4H3. The van der Waals surface area contributed by atoms with Crippen LogP contribution in [0.15, 0.2) is 0 Å². The van der Waals surface area contributed by atoms with E-state index in [4.69, 9.17) is 13.8 Å². The molecule has 1 atom stereocenters. The molecule has 0 saturated carbocycles. The molecule has 1 saturated heterocycles. The van der Waals surface area contributed by atoms with Gasteiger partial charge in [0.25, 0.3) is 0 Å². The molecule has 0 radical (unpaired) electrons. The van der Waals surface area contributed by atoms with Crippen LogP contribution in [0.3, 0.4) is 0 Å². The predicted molar refractivity (Wildman–Crippen MR) is 79.4 cm³/mol. The first-order valence-corrected chi connectivity index (χ1v) is 8.43. The van der Waals surface area contributed by atoms with E-state index in [1.165, 1.54) is 0 Å². The van der Waals surface area contributed by atoms with E-state index >= 15 is 0 Å². The number of esters is 1. The van der Waals surface area contributed by atoms with E-state index in [9.17, 15) is 4.79 Å². The SMILES string of the molecule is CCOP(CN1CCNCC1)OCOC(=O)C(C)(C)C.